The summed E-state index contributed by atoms with van der Waals surface area (Å²) in [6, 6.07) is 0. The first-order chi connectivity index (χ1) is 5.79. The van der Waals surface area contributed by atoms with Gasteiger partial charge in [-0.3, -0.25) is 0 Å². The minimum Gasteiger partial charge on any atom is -0.396 e. The molecular formula is C10H19NO. The zero-order valence-corrected chi connectivity index (χ0v) is 7.87. The fraction of sp³-hybridized carbons (Fsp3) is 1.00. The quantitative estimate of drug-likeness (QED) is 0.662. The molecule has 2 unspecified atom stereocenters. The van der Waals surface area contributed by atoms with E-state index in [9.17, 15) is 0 Å². The number of nitrogens with zero attached hydrogens (tertiary/aromatic N) is 1. The average Bonchev–Trinajstić information content (AvgIpc) is 2.85. The van der Waals surface area contributed by atoms with Crippen LogP contribution in [-0.4, -0.2) is 36.8 Å². The highest BCUT2D eigenvalue weighted by atomic mass is 16.3. The first-order valence-electron chi connectivity index (χ1n) is 5.09. The van der Waals surface area contributed by atoms with Gasteiger partial charge in [-0.2, -0.15) is 0 Å². The van der Waals surface area contributed by atoms with Crippen molar-refractivity contribution in [2.24, 2.45) is 17.8 Å². The van der Waals surface area contributed by atoms with Gasteiger partial charge in [-0.1, -0.05) is 0 Å². The molecule has 2 aliphatic carbocycles. The number of aliphatic hydroxyl groups excluding tert-OH is 1. The van der Waals surface area contributed by atoms with Crippen molar-refractivity contribution in [1.29, 1.82) is 0 Å². The molecule has 2 atom stereocenters. The summed E-state index contributed by atoms with van der Waals surface area (Å²) in [5, 5.41) is 8.87. The Bertz CT molecular complexity index is 156. The van der Waals surface area contributed by atoms with Crippen molar-refractivity contribution in [2.45, 2.75) is 19.3 Å². The van der Waals surface area contributed by atoms with Gasteiger partial charge in [0, 0.05) is 19.7 Å². The molecule has 0 aromatic rings. The molecule has 0 heterocycles. The number of hydrogen-bond donors (Lipinski definition) is 1. The maximum absolute atomic E-state index is 8.87. The second-order valence-corrected chi connectivity index (χ2v) is 4.60. The van der Waals surface area contributed by atoms with Crippen LogP contribution >= 0.6 is 0 Å². The topological polar surface area (TPSA) is 23.5 Å². The Balaban J connectivity index is 1.59. The number of rotatable bonds is 5. The molecule has 70 valence electrons. The maximum atomic E-state index is 8.87. The molecular weight excluding hydrogens is 150 g/mol. The summed E-state index contributed by atoms with van der Waals surface area (Å²) in [4.78, 5) is 2.44. The lowest BCUT2D eigenvalue weighted by molar-refractivity contribution is 0.250. The molecule has 12 heavy (non-hydrogen) atoms. The van der Waals surface area contributed by atoms with Gasteiger partial charge in [0.2, 0.25) is 0 Å². The normalized spacial score (nSPS) is 34.2. The van der Waals surface area contributed by atoms with Crippen LogP contribution in [0.4, 0.5) is 0 Å². The second-order valence-electron chi connectivity index (χ2n) is 4.60. The standard InChI is InChI=1S/C10H19NO/c1-11(5-8-2-3-8)6-9-4-10(9)7-12/h8-10,12H,2-7H2,1H3. The zero-order chi connectivity index (χ0) is 8.55. The second kappa shape index (κ2) is 3.35. The van der Waals surface area contributed by atoms with Crippen LogP contribution in [0.3, 0.4) is 0 Å². The van der Waals surface area contributed by atoms with Gasteiger partial charge in [-0.15, -0.1) is 0 Å². The molecule has 0 saturated heterocycles. The highest BCUT2D eigenvalue weighted by molar-refractivity contribution is 4.88. The third kappa shape index (κ3) is 2.20. The summed E-state index contributed by atoms with van der Waals surface area (Å²) in [6.45, 7) is 2.90. The van der Waals surface area contributed by atoms with Gasteiger partial charge in [0.15, 0.2) is 0 Å². The molecule has 2 aliphatic rings. The van der Waals surface area contributed by atoms with E-state index >= 15 is 0 Å². The summed E-state index contributed by atoms with van der Waals surface area (Å²) in [5.41, 5.74) is 0. The highest BCUT2D eigenvalue weighted by Crippen LogP contribution is 2.39. The van der Waals surface area contributed by atoms with Crippen molar-refractivity contribution in [1.82, 2.24) is 4.90 Å². The molecule has 2 heteroatoms. The molecule has 1 N–H and O–H groups in total. The molecule has 0 aromatic carbocycles. The van der Waals surface area contributed by atoms with Crippen molar-refractivity contribution in [2.75, 3.05) is 26.7 Å². The zero-order valence-electron chi connectivity index (χ0n) is 7.87. The summed E-state index contributed by atoms with van der Waals surface area (Å²) in [6.07, 6.45) is 4.14. The Morgan fingerprint density at radius 3 is 2.50 bits per heavy atom. The molecule has 2 fully saturated rings. The summed E-state index contributed by atoms with van der Waals surface area (Å²) < 4.78 is 0. The molecule has 0 bridgehead atoms. The van der Waals surface area contributed by atoms with Crippen molar-refractivity contribution >= 4 is 0 Å². The van der Waals surface area contributed by atoms with E-state index in [1.807, 2.05) is 0 Å². The van der Waals surface area contributed by atoms with Gasteiger partial charge in [-0.05, 0) is 44.1 Å². The molecule has 2 saturated carbocycles. The molecule has 0 aliphatic heterocycles. The Labute approximate surface area is 74.6 Å². The van der Waals surface area contributed by atoms with E-state index in [0.29, 0.717) is 12.5 Å². The third-order valence-corrected chi connectivity index (χ3v) is 3.12. The van der Waals surface area contributed by atoms with E-state index in [1.165, 1.54) is 32.4 Å². The van der Waals surface area contributed by atoms with Crippen molar-refractivity contribution < 1.29 is 5.11 Å². The molecule has 0 aromatic heterocycles. The van der Waals surface area contributed by atoms with Gasteiger partial charge in [-0.25, -0.2) is 0 Å². The van der Waals surface area contributed by atoms with Crippen molar-refractivity contribution in [3.8, 4) is 0 Å². The third-order valence-electron chi connectivity index (χ3n) is 3.12. The lowest BCUT2D eigenvalue weighted by Crippen LogP contribution is -2.24. The van der Waals surface area contributed by atoms with Gasteiger partial charge in [0.05, 0.1) is 0 Å². The number of hydrogen-bond acceptors (Lipinski definition) is 2. The Kier molecular flexibility index (Phi) is 2.37. The number of aliphatic hydroxyl groups is 1. The lowest BCUT2D eigenvalue weighted by Gasteiger charge is -2.15. The Hall–Kier alpha value is -0.0800. The first-order valence-corrected chi connectivity index (χ1v) is 5.09. The minimum absolute atomic E-state index is 0.405. The van der Waals surface area contributed by atoms with Crippen LogP contribution in [0.5, 0.6) is 0 Å². The monoisotopic (exact) mass is 169 g/mol. The highest BCUT2D eigenvalue weighted by Gasteiger charge is 2.37. The van der Waals surface area contributed by atoms with Crippen LogP contribution in [0, 0.1) is 17.8 Å². The molecule has 2 rings (SSSR count). The van der Waals surface area contributed by atoms with Crippen LogP contribution in [0.15, 0.2) is 0 Å². The van der Waals surface area contributed by atoms with E-state index in [1.54, 1.807) is 0 Å². The fourth-order valence-corrected chi connectivity index (χ4v) is 1.97. The maximum Gasteiger partial charge on any atom is 0.0462 e. The van der Waals surface area contributed by atoms with E-state index in [0.717, 1.165) is 11.8 Å². The smallest absolute Gasteiger partial charge is 0.0462 e. The summed E-state index contributed by atoms with van der Waals surface area (Å²) >= 11 is 0. The van der Waals surface area contributed by atoms with E-state index in [4.69, 9.17) is 5.11 Å². The van der Waals surface area contributed by atoms with Crippen LogP contribution in [0.25, 0.3) is 0 Å². The van der Waals surface area contributed by atoms with Crippen LogP contribution in [0.1, 0.15) is 19.3 Å². The van der Waals surface area contributed by atoms with Gasteiger partial charge in [0.1, 0.15) is 0 Å². The Morgan fingerprint density at radius 2 is 2.00 bits per heavy atom. The van der Waals surface area contributed by atoms with Crippen molar-refractivity contribution in [3.63, 3.8) is 0 Å². The van der Waals surface area contributed by atoms with Crippen LogP contribution in [-0.2, 0) is 0 Å². The van der Waals surface area contributed by atoms with E-state index in [2.05, 4.69) is 11.9 Å². The van der Waals surface area contributed by atoms with Crippen molar-refractivity contribution in [3.05, 3.63) is 0 Å². The predicted molar refractivity (Wildman–Crippen MR) is 48.9 cm³/mol. The molecule has 0 amide bonds. The van der Waals surface area contributed by atoms with E-state index in [-0.39, 0.29) is 0 Å². The van der Waals surface area contributed by atoms with Gasteiger partial charge < -0.3 is 10.0 Å². The van der Waals surface area contributed by atoms with Gasteiger partial charge >= 0.3 is 0 Å². The van der Waals surface area contributed by atoms with Crippen LogP contribution in [0.2, 0.25) is 0 Å². The average molecular weight is 169 g/mol. The summed E-state index contributed by atoms with van der Waals surface area (Å²) in [5.74, 6) is 2.44. The fourth-order valence-electron chi connectivity index (χ4n) is 1.97. The molecule has 0 radical (unpaired) electrons. The SMILES string of the molecule is CN(CC1CC1)CC1CC1CO. The summed E-state index contributed by atoms with van der Waals surface area (Å²) in [7, 11) is 2.21. The van der Waals surface area contributed by atoms with Gasteiger partial charge in [0.25, 0.3) is 0 Å². The molecule has 2 nitrogen and oxygen atoms in total. The minimum atomic E-state index is 0.405. The predicted octanol–water partition coefficient (Wildman–Crippen LogP) is 0.957. The largest absolute Gasteiger partial charge is 0.396 e. The van der Waals surface area contributed by atoms with Crippen LogP contribution < -0.4 is 0 Å². The van der Waals surface area contributed by atoms with E-state index < -0.39 is 0 Å². The first kappa shape index (κ1) is 8.52. The lowest BCUT2D eigenvalue weighted by atomic mass is 10.3. The Morgan fingerprint density at radius 1 is 1.25 bits per heavy atom. The molecule has 0 spiro atoms.